The van der Waals surface area contributed by atoms with E-state index in [-0.39, 0.29) is 24.5 Å². The fraction of sp³-hybridized carbons (Fsp3) is 0.667. The van der Waals surface area contributed by atoms with Gasteiger partial charge in [-0.3, -0.25) is 9.59 Å². The normalized spacial score (nSPS) is 43.0. The van der Waals surface area contributed by atoms with Crippen molar-refractivity contribution < 1.29 is 38.1 Å². The molecule has 2 saturated carbocycles. The number of furan rings is 1. The Hall–Kier alpha value is -2.45. The summed E-state index contributed by atoms with van der Waals surface area (Å²) in [7, 11) is 1.23. The number of aliphatic hydroxyl groups excluding tert-OH is 1. The zero-order valence-electron chi connectivity index (χ0n) is 21.0. The molecular weight excluding hydrogens is 452 g/mol. The van der Waals surface area contributed by atoms with Crippen LogP contribution >= 0.6 is 0 Å². The van der Waals surface area contributed by atoms with Gasteiger partial charge in [0.2, 0.25) is 0 Å². The standard InChI is InChI=1S/C27H34O8/c1-14-16-7-9-25(4)22(15-8-10-33-13-15)34-19(29)12-27(14,25)35-18-11-17(28)24(2,3)21(26(16,18)5)20(30)23(31)32-6/h8,10,13,16,18,20-22,30H,1,7,9,11-12H2,2-6H3/t16-,18-,20?,21-,22?,25-,26-,27-/m0/s1. The van der Waals surface area contributed by atoms with E-state index in [2.05, 4.69) is 13.5 Å². The Morgan fingerprint density at radius 2 is 1.97 bits per heavy atom. The fourth-order valence-corrected chi connectivity index (χ4v) is 8.08. The van der Waals surface area contributed by atoms with E-state index >= 15 is 0 Å². The van der Waals surface area contributed by atoms with E-state index in [1.807, 2.05) is 6.92 Å². The molecule has 4 aliphatic rings. The van der Waals surface area contributed by atoms with Crippen LogP contribution in [-0.2, 0) is 28.6 Å². The van der Waals surface area contributed by atoms with Gasteiger partial charge in [-0.2, -0.15) is 0 Å². The van der Waals surface area contributed by atoms with Gasteiger partial charge in [0.15, 0.2) is 6.10 Å². The summed E-state index contributed by atoms with van der Waals surface area (Å²) >= 11 is 0. The minimum absolute atomic E-state index is 0.00156. The first-order valence-electron chi connectivity index (χ1n) is 12.2. The zero-order valence-corrected chi connectivity index (χ0v) is 21.0. The number of Topliss-reactive ketones (excluding diaryl/α,β-unsaturated/α-hetero) is 1. The summed E-state index contributed by atoms with van der Waals surface area (Å²) in [5, 5.41) is 11.2. The molecule has 2 aliphatic carbocycles. The van der Waals surface area contributed by atoms with E-state index < -0.39 is 58.0 Å². The molecule has 35 heavy (non-hydrogen) atoms. The van der Waals surface area contributed by atoms with Crippen molar-refractivity contribution in [1.82, 2.24) is 0 Å². The molecule has 8 heteroatoms. The van der Waals surface area contributed by atoms with Gasteiger partial charge in [-0.25, -0.2) is 4.79 Å². The van der Waals surface area contributed by atoms with Gasteiger partial charge < -0.3 is 23.7 Å². The Morgan fingerprint density at radius 1 is 1.26 bits per heavy atom. The van der Waals surface area contributed by atoms with Crippen LogP contribution in [0, 0.1) is 28.1 Å². The molecule has 1 aromatic heterocycles. The predicted octanol–water partition coefficient (Wildman–Crippen LogP) is 3.53. The number of esters is 2. The van der Waals surface area contributed by atoms with Gasteiger partial charge in [0.1, 0.15) is 17.5 Å². The Morgan fingerprint density at radius 3 is 2.60 bits per heavy atom. The smallest absolute Gasteiger partial charge is 0.335 e. The number of rotatable bonds is 3. The highest BCUT2D eigenvalue weighted by molar-refractivity contribution is 5.88. The summed E-state index contributed by atoms with van der Waals surface area (Å²) in [6, 6.07) is 1.79. The molecule has 8 nitrogen and oxygen atoms in total. The molecule has 1 N–H and O–H groups in total. The van der Waals surface area contributed by atoms with Crippen molar-refractivity contribution >= 4 is 17.7 Å². The summed E-state index contributed by atoms with van der Waals surface area (Å²) in [5.41, 5.74) is -1.92. The summed E-state index contributed by atoms with van der Waals surface area (Å²) in [5.74, 6) is -2.20. The highest BCUT2D eigenvalue weighted by atomic mass is 16.6. The molecule has 5 rings (SSSR count). The van der Waals surface area contributed by atoms with Crippen LogP contribution < -0.4 is 0 Å². The highest BCUT2D eigenvalue weighted by Gasteiger charge is 2.74. The minimum Gasteiger partial charge on any atom is -0.472 e. The number of hydrogen-bond acceptors (Lipinski definition) is 8. The molecule has 1 aromatic rings. The van der Waals surface area contributed by atoms with Crippen LogP contribution in [0.1, 0.15) is 65.0 Å². The lowest BCUT2D eigenvalue weighted by atomic mass is 9.41. The average molecular weight is 487 g/mol. The quantitative estimate of drug-likeness (QED) is 0.510. The summed E-state index contributed by atoms with van der Waals surface area (Å²) in [4.78, 5) is 39.0. The molecule has 0 amide bonds. The molecule has 2 bridgehead atoms. The number of fused-ring (bicyclic) bond motifs is 3. The molecule has 0 aromatic carbocycles. The van der Waals surface area contributed by atoms with Gasteiger partial charge in [0.05, 0.1) is 32.2 Å². The number of hydrogen-bond donors (Lipinski definition) is 1. The maximum Gasteiger partial charge on any atom is 0.335 e. The maximum atomic E-state index is 13.4. The van der Waals surface area contributed by atoms with Crippen LogP contribution in [0.4, 0.5) is 0 Å². The fourth-order valence-electron chi connectivity index (χ4n) is 8.08. The largest absolute Gasteiger partial charge is 0.472 e. The summed E-state index contributed by atoms with van der Waals surface area (Å²) in [6.07, 6.45) is 1.91. The second-order valence-corrected chi connectivity index (χ2v) is 11.7. The molecule has 2 aliphatic heterocycles. The summed E-state index contributed by atoms with van der Waals surface area (Å²) in [6.45, 7) is 12.1. The monoisotopic (exact) mass is 486 g/mol. The van der Waals surface area contributed by atoms with Crippen LogP contribution in [-0.4, -0.2) is 47.7 Å². The van der Waals surface area contributed by atoms with Crippen molar-refractivity contribution in [2.45, 2.75) is 77.3 Å². The lowest BCUT2D eigenvalue weighted by Gasteiger charge is -2.70. The SMILES string of the molecule is C=C1[C@@H]2CC[C@@]3(C)C(c4ccoc4)OC(=O)C[C@]13O[C@H]1CC(=O)C(C)(C)[C@H](C(O)C(=O)OC)[C@]12C. The second kappa shape index (κ2) is 7.53. The third kappa shape index (κ3) is 2.90. The van der Waals surface area contributed by atoms with Gasteiger partial charge in [-0.05, 0) is 30.4 Å². The first-order valence-corrected chi connectivity index (χ1v) is 12.2. The van der Waals surface area contributed by atoms with Gasteiger partial charge in [-0.1, -0.05) is 34.3 Å². The molecular formula is C27H34O8. The predicted molar refractivity (Wildman–Crippen MR) is 123 cm³/mol. The number of ether oxygens (including phenoxy) is 3. The van der Waals surface area contributed by atoms with E-state index in [1.54, 1.807) is 32.4 Å². The number of carbonyl (C=O) groups is 3. The van der Waals surface area contributed by atoms with E-state index in [0.717, 1.165) is 11.1 Å². The van der Waals surface area contributed by atoms with Crippen molar-refractivity contribution in [3.8, 4) is 0 Å². The van der Waals surface area contributed by atoms with Gasteiger partial charge in [-0.15, -0.1) is 0 Å². The third-order valence-electron chi connectivity index (χ3n) is 9.96. The first kappa shape index (κ1) is 24.3. The first-order chi connectivity index (χ1) is 16.3. The number of methoxy groups -OCH3 is 1. The molecule has 4 fully saturated rings. The second-order valence-electron chi connectivity index (χ2n) is 11.7. The van der Waals surface area contributed by atoms with Gasteiger partial charge in [0, 0.05) is 34.1 Å². The van der Waals surface area contributed by atoms with Gasteiger partial charge >= 0.3 is 11.9 Å². The number of cyclic esters (lactones) is 1. The van der Waals surface area contributed by atoms with E-state index in [9.17, 15) is 19.5 Å². The molecule has 1 spiro atoms. The van der Waals surface area contributed by atoms with Gasteiger partial charge in [0.25, 0.3) is 0 Å². The Labute approximate surface area is 205 Å². The third-order valence-corrected chi connectivity index (χ3v) is 9.96. The topological polar surface area (TPSA) is 112 Å². The maximum absolute atomic E-state index is 13.4. The van der Waals surface area contributed by atoms with Crippen LogP contribution in [0.3, 0.4) is 0 Å². The molecule has 0 radical (unpaired) electrons. The minimum atomic E-state index is -1.50. The molecule has 8 atom stereocenters. The Kier molecular flexibility index (Phi) is 5.22. The van der Waals surface area contributed by atoms with Crippen LogP contribution in [0.5, 0.6) is 0 Å². The molecule has 2 unspecified atom stereocenters. The van der Waals surface area contributed by atoms with E-state index in [0.29, 0.717) is 12.8 Å². The average Bonchev–Trinajstić information content (AvgIpc) is 3.32. The van der Waals surface area contributed by atoms with Crippen molar-refractivity contribution in [3.05, 3.63) is 36.3 Å². The summed E-state index contributed by atoms with van der Waals surface area (Å²) < 4.78 is 23.0. The van der Waals surface area contributed by atoms with Crippen LogP contribution in [0.25, 0.3) is 0 Å². The van der Waals surface area contributed by atoms with Crippen molar-refractivity contribution in [2.24, 2.45) is 28.1 Å². The molecule has 190 valence electrons. The Bertz CT molecular complexity index is 1090. The zero-order chi connectivity index (χ0) is 25.6. The Balaban J connectivity index is 1.65. The number of aliphatic hydroxyl groups is 1. The van der Waals surface area contributed by atoms with Crippen LogP contribution in [0.2, 0.25) is 0 Å². The number of ketones is 1. The lowest BCUT2D eigenvalue weighted by molar-refractivity contribution is -0.303. The van der Waals surface area contributed by atoms with Crippen molar-refractivity contribution in [1.29, 1.82) is 0 Å². The van der Waals surface area contributed by atoms with E-state index in [1.165, 1.54) is 7.11 Å². The van der Waals surface area contributed by atoms with Crippen molar-refractivity contribution in [2.75, 3.05) is 7.11 Å². The van der Waals surface area contributed by atoms with Crippen molar-refractivity contribution in [3.63, 3.8) is 0 Å². The molecule has 3 heterocycles. The lowest BCUT2D eigenvalue weighted by Crippen LogP contribution is -2.74. The highest BCUT2D eigenvalue weighted by Crippen LogP contribution is 2.71. The molecule has 2 saturated heterocycles. The van der Waals surface area contributed by atoms with E-state index in [4.69, 9.17) is 18.6 Å². The van der Waals surface area contributed by atoms with Crippen LogP contribution in [0.15, 0.2) is 35.2 Å². The number of carbonyl (C=O) groups excluding carboxylic acids is 3.